The maximum Gasteiger partial charge on any atom is 0.0783 e. The van der Waals surface area contributed by atoms with Gasteiger partial charge in [0.05, 0.1) is 12.7 Å². The molecule has 72 valence electrons. The van der Waals surface area contributed by atoms with Gasteiger partial charge in [0.25, 0.3) is 0 Å². The minimum Gasteiger partial charge on any atom is -0.394 e. The summed E-state index contributed by atoms with van der Waals surface area (Å²) in [5.74, 6) is 0. The van der Waals surface area contributed by atoms with Crippen molar-refractivity contribution in [2.45, 2.75) is 12.5 Å². The van der Waals surface area contributed by atoms with Crippen molar-refractivity contribution in [1.29, 1.82) is 0 Å². The predicted molar refractivity (Wildman–Crippen MR) is 47.0 cm³/mol. The third-order valence-electron chi connectivity index (χ3n) is 2.20. The van der Waals surface area contributed by atoms with Crippen LogP contribution < -0.4 is 5.32 Å². The first-order valence-corrected chi connectivity index (χ1v) is 4.55. The molecule has 0 aliphatic carbocycles. The van der Waals surface area contributed by atoms with Crippen LogP contribution in [0.4, 0.5) is 0 Å². The highest BCUT2D eigenvalue weighted by molar-refractivity contribution is 4.68. The molecule has 1 aliphatic rings. The molecular weight excluding hydrogens is 156 g/mol. The van der Waals surface area contributed by atoms with Crippen LogP contribution in [0.25, 0.3) is 0 Å². The van der Waals surface area contributed by atoms with E-state index in [-0.39, 0.29) is 6.61 Å². The highest BCUT2D eigenvalue weighted by atomic mass is 16.3. The fourth-order valence-corrected chi connectivity index (χ4v) is 1.36. The molecule has 0 spiro atoms. The highest BCUT2D eigenvalue weighted by Gasteiger charge is 2.10. The first kappa shape index (κ1) is 9.92. The normalized spacial score (nSPS) is 22.5. The van der Waals surface area contributed by atoms with Gasteiger partial charge in [0.1, 0.15) is 0 Å². The molecule has 0 aromatic carbocycles. The largest absolute Gasteiger partial charge is 0.394 e. The van der Waals surface area contributed by atoms with E-state index in [0.717, 1.165) is 32.7 Å². The number of hydrogen-bond donors (Lipinski definition) is 3. The number of piperazine rings is 1. The molecule has 1 fully saturated rings. The molecule has 0 unspecified atom stereocenters. The lowest BCUT2D eigenvalue weighted by molar-refractivity contribution is 0.0755. The smallest absolute Gasteiger partial charge is 0.0783 e. The van der Waals surface area contributed by atoms with Crippen molar-refractivity contribution < 1.29 is 10.2 Å². The first-order valence-electron chi connectivity index (χ1n) is 4.55. The molecule has 1 heterocycles. The Morgan fingerprint density at radius 2 is 2.00 bits per heavy atom. The monoisotopic (exact) mass is 174 g/mol. The highest BCUT2D eigenvalue weighted by Crippen LogP contribution is 1.97. The summed E-state index contributed by atoms with van der Waals surface area (Å²) in [7, 11) is 0. The summed E-state index contributed by atoms with van der Waals surface area (Å²) in [6.45, 7) is 4.95. The van der Waals surface area contributed by atoms with Crippen molar-refractivity contribution >= 4 is 0 Å². The Morgan fingerprint density at radius 1 is 1.33 bits per heavy atom. The molecule has 1 saturated heterocycles. The van der Waals surface area contributed by atoms with Crippen LogP contribution in [0.2, 0.25) is 0 Å². The lowest BCUT2D eigenvalue weighted by atomic mass is 10.2. The molecule has 4 heteroatoms. The van der Waals surface area contributed by atoms with Gasteiger partial charge in [-0.05, 0) is 6.42 Å². The number of rotatable bonds is 4. The van der Waals surface area contributed by atoms with Crippen LogP contribution in [0.3, 0.4) is 0 Å². The number of hydrogen-bond acceptors (Lipinski definition) is 4. The molecule has 1 aliphatic heterocycles. The Hall–Kier alpha value is -0.160. The molecule has 1 rings (SSSR count). The molecule has 0 bridgehead atoms. The number of aliphatic hydroxyl groups excluding tert-OH is 2. The van der Waals surface area contributed by atoms with E-state index in [4.69, 9.17) is 10.2 Å². The summed E-state index contributed by atoms with van der Waals surface area (Å²) in [5.41, 5.74) is 0. The van der Waals surface area contributed by atoms with Gasteiger partial charge in [-0.15, -0.1) is 0 Å². The number of aliphatic hydroxyl groups is 2. The van der Waals surface area contributed by atoms with E-state index in [0.29, 0.717) is 6.42 Å². The number of nitrogens with zero attached hydrogens (tertiary/aromatic N) is 1. The van der Waals surface area contributed by atoms with Gasteiger partial charge in [-0.1, -0.05) is 0 Å². The van der Waals surface area contributed by atoms with E-state index < -0.39 is 6.10 Å². The topological polar surface area (TPSA) is 55.7 Å². The Morgan fingerprint density at radius 3 is 2.58 bits per heavy atom. The molecule has 0 radical (unpaired) electrons. The van der Waals surface area contributed by atoms with Crippen molar-refractivity contribution in [2.24, 2.45) is 0 Å². The van der Waals surface area contributed by atoms with Gasteiger partial charge >= 0.3 is 0 Å². The van der Waals surface area contributed by atoms with E-state index in [1.807, 2.05) is 0 Å². The summed E-state index contributed by atoms with van der Waals surface area (Å²) in [6.07, 6.45) is 0.135. The summed E-state index contributed by atoms with van der Waals surface area (Å²) >= 11 is 0. The summed E-state index contributed by atoms with van der Waals surface area (Å²) in [6, 6.07) is 0. The van der Waals surface area contributed by atoms with E-state index in [1.54, 1.807) is 0 Å². The van der Waals surface area contributed by atoms with Crippen molar-refractivity contribution in [3.05, 3.63) is 0 Å². The predicted octanol–water partition coefficient (Wildman–Crippen LogP) is -1.37. The van der Waals surface area contributed by atoms with Crippen LogP contribution >= 0.6 is 0 Å². The summed E-state index contributed by atoms with van der Waals surface area (Å²) in [4.78, 5) is 2.30. The second-order valence-electron chi connectivity index (χ2n) is 3.22. The second kappa shape index (κ2) is 5.48. The summed E-state index contributed by atoms with van der Waals surface area (Å²) in [5, 5.41) is 20.9. The molecule has 0 aromatic heterocycles. The Balaban J connectivity index is 2.05. The van der Waals surface area contributed by atoms with Crippen molar-refractivity contribution in [1.82, 2.24) is 10.2 Å². The van der Waals surface area contributed by atoms with Crippen molar-refractivity contribution in [2.75, 3.05) is 39.3 Å². The second-order valence-corrected chi connectivity index (χ2v) is 3.22. The average molecular weight is 174 g/mol. The van der Waals surface area contributed by atoms with Gasteiger partial charge in [0.2, 0.25) is 0 Å². The van der Waals surface area contributed by atoms with E-state index >= 15 is 0 Å². The third-order valence-corrected chi connectivity index (χ3v) is 2.20. The van der Waals surface area contributed by atoms with Crippen LogP contribution in [-0.2, 0) is 0 Å². The molecule has 0 amide bonds. The lowest BCUT2D eigenvalue weighted by Gasteiger charge is -2.27. The molecule has 0 aromatic rings. The molecule has 4 nitrogen and oxygen atoms in total. The Kier molecular flexibility index (Phi) is 4.53. The van der Waals surface area contributed by atoms with E-state index in [9.17, 15) is 0 Å². The minimum absolute atomic E-state index is 0.119. The van der Waals surface area contributed by atoms with Crippen LogP contribution in [0.5, 0.6) is 0 Å². The zero-order chi connectivity index (χ0) is 8.81. The fraction of sp³-hybridized carbons (Fsp3) is 1.00. The third kappa shape index (κ3) is 3.49. The van der Waals surface area contributed by atoms with Crippen LogP contribution in [0.15, 0.2) is 0 Å². The molecule has 0 saturated carbocycles. The number of nitrogens with one attached hydrogen (secondary N) is 1. The average Bonchev–Trinajstić information content (AvgIpc) is 2.16. The van der Waals surface area contributed by atoms with Gasteiger partial charge in [0, 0.05) is 32.7 Å². The van der Waals surface area contributed by atoms with E-state index in [2.05, 4.69) is 10.2 Å². The van der Waals surface area contributed by atoms with Gasteiger partial charge in [-0.2, -0.15) is 0 Å². The van der Waals surface area contributed by atoms with Gasteiger partial charge in [-0.3, -0.25) is 0 Å². The van der Waals surface area contributed by atoms with E-state index in [1.165, 1.54) is 0 Å². The van der Waals surface area contributed by atoms with Gasteiger partial charge in [-0.25, -0.2) is 0 Å². The fourth-order valence-electron chi connectivity index (χ4n) is 1.36. The maximum absolute atomic E-state index is 9.10. The molecular formula is C8H18N2O2. The van der Waals surface area contributed by atoms with Crippen LogP contribution in [-0.4, -0.2) is 60.5 Å². The van der Waals surface area contributed by atoms with Crippen LogP contribution in [0, 0.1) is 0 Å². The van der Waals surface area contributed by atoms with Crippen molar-refractivity contribution in [3.8, 4) is 0 Å². The SMILES string of the molecule is OC[C@@H](O)CCN1CCNCC1. The zero-order valence-corrected chi connectivity index (χ0v) is 7.37. The first-order chi connectivity index (χ1) is 5.83. The Bertz CT molecular complexity index is 116. The Labute approximate surface area is 73.2 Å². The maximum atomic E-state index is 9.10. The molecule has 1 atom stereocenters. The molecule has 12 heavy (non-hydrogen) atoms. The van der Waals surface area contributed by atoms with Crippen LogP contribution in [0.1, 0.15) is 6.42 Å². The van der Waals surface area contributed by atoms with Gasteiger partial charge in [0.15, 0.2) is 0 Å². The lowest BCUT2D eigenvalue weighted by Crippen LogP contribution is -2.44. The van der Waals surface area contributed by atoms with Gasteiger partial charge < -0.3 is 20.4 Å². The van der Waals surface area contributed by atoms with Crippen molar-refractivity contribution in [3.63, 3.8) is 0 Å². The standard InChI is InChI=1S/C8H18N2O2/c11-7-8(12)1-4-10-5-2-9-3-6-10/h8-9,11-12H,1-7H2/t8-/m0/s1. The zero-order valence-electron chi connectivity index (χ0n) is 7.37. The summed E-state index contributed by atoms with van der Waals surface area (Å²) < 4.78 is 0. The minimum atomic E-state index is -0.542. The quantitative estimate of drug-likeness (QED) is 0.492. The molecule has 3 N–H and O–H groups in total.